The van der Waals surface area contributed by atoms with Gasteiger partial charge in [0.1, 0.15) is 12.4 Å². The van der Waals surface area contributed by atoms with Gasteiger partial charge in [-0.25, -0.2) is 9.40 Å². The molecule has 0 saturated carbocycles. The standard InChI is InChI=1S/C27H29FN4O3/c1-19-9-11-20(12-10-19)25-17-23(24-8-5-13-30(24)2)29-32(25)26(33)18-31(14-15-35-3)27(34)21-6-4-7-22(28)16-21/h4-13,16,25H,14-15,17-18H2,1-3H3/t25-/m1/s1. The third-order valence-electron chi connectivity index (χ3n) is 6.12. The van der Waals surface area contributed by atoms with Crippen LogP contribution in [0.4, 0.5) is 4.39 Å². The molecule has 1 aromatic heterocycles. The number of rotatable bonds is 8. The lowest BCUT2D eigenvalue weighted by Crippen LogP contribution is -2.42. The van der Waals surface area contributed by atoms with Crippen molar-refractivity contribution >= 4 is 17.5 Å². The highest BCUT2D eigenvalue weighted by molar-refractivity contribution is 6.02. The Morgan fingerprint density at radius 2 is 1.91 bits per heavy atom. The maximum Gasteiger partial charge on any atom is 0.262 e. The van der Waals surface area contributed by atoms with E-state index in [0.29, 0.717) is 6.42 Å². The van der Waals surface area contributed by atoms with E-state index in [2.05, 4.69) is 0 Å². The molecule has 0 saturated heterocycles. The van der Waals surface area contributed by atoms with Gasteiger partial charge >= 0.3 is 0 Å². The molecule has 2 heterocycles. The summed E-state index contributed by atoms with van der Waals surface area (Å²) in [5.41, 5.74) is 4.01. The molecule has 35 heavy (non-hydrogen) atoms. The summed E-state index contributed by atoms with van der Waals surface area (Å²) in [4.78, 5) is 28.1. The van der Waals surface area contributed by atoms with Crippen molar-refractivity contribution in [1.29, 1.82) is 0 Å². The summed E-state index contributed by atoms with van der Waals surface area (Å²) in [6.45, 7) is 2.24. The quantitative estimate of drug-likeness (QED) is 0.495. The molecule has 4 rings (SSSR count). The molecule has 0 bridgehead atoms. The Hall–Kier alpha value is -3.78. The first-order chi connectivity index (χ1) is 16.9. The number of carbonyl (C=O) groups excluding carboxylic acids is 2. The predicted molar refractivity (Wildman–Crippen MR) is 132 cm³/mol. The number of aromatic nitrogens is 1. The fourth-order valence-corrected chi connectivity index (χ4v) is 4.20. The third-order valence-corrected chi connectivity index (χ3v) is 6.12. The lowest BCUT2D eigenvalue weighted by Gasteiger charge is -2.27. The average Bonchev–Trinajstić information content (AvgIpc) is 3.48. The van der Waals surface area contributed by atoms with Crippen LogP contribution in [0.5, 0.6) is 0 Å². The van der Waals surface area contributed by atoms with Gasteiger partial charge in [0, 0.05) is 38.9 Å². The molecule has 3 aromatic rings. The molecular weight excluding hydrogens is 447 g/mol. The van der Waals surface area contributed by atoms with E-state index >= 15 is 0 Å². The van der Waals surface area contributed by atoms with E-state index in [9.17, 15) is 14.0 Å². The fraction of sp³-hybridized carbons (Fsp3) is 0.296. The minimum absolute atomic E-state index is 0.179. The summed E-state index contributed by atoms with van der Waals surface area (Å²) in [5, 5.41) is 6.18. The normalized spacial score (nSPS) is 15.3. The summed E-state index contributed by atoms with van der Waals surface area (Å²) in [6, 6.07) is 17.1. The highest BCUT2D eigenvalue weighted by Gasteiger charge is 2.35. The van der Waals surface area contributed by atoms with Crippen LogP contribution in [0.25, 0.3) is 0 Å². The average molecular weight is 477 g/mol. The van der Waals surface area contributed by atoms with Gasteiger partial charge in [-0.2, -0.15) is 5.10 Å². The number of amides is 2. The molecule has 1 aliphatic heterocycles. The molecule has 182 valence electrons. The lowest BCUT2D eigenvalue weighted by atomic mass is 9.99. The molecule has 8 heteroatoms. The van der Waals surface area contributed by atoms with Crippen LogP contribution in [0.2, 0.25) is 0 Å². The Kier molecular flexibility index (Phi) is 7.41. The topological polar surface area (TPSA) is 67.1 Å². The zero-order valence-electron chi connectivity index (χ0n) is 20.1. The van der Waals surface area contributed by atoms with Crippen molar-refractivity contribution in [3.8, 4) is 0 Å². The highest BCUT2D eigenvalue weighted by atomic mass is 19.1. The smallest absolute Gasteiger partial charge is 0.262 e. The van der Waals surface area contributed by atoms with Gasteiger partial charge in [-0.3, -0.25) is 9.59 Å². The van der Waals surface area contributed by atoms with Crippen LogP contribution in [0.1, 0.15) is 39.6 Å². The van der Waals surface area contributed by atoms with E-state index in [4.69, 9.17) is 9.84 Å². The van der Waals surface area contributed by atoms with Crippen molar-refractivity contribution in [2.24, 2.45) is 12.1 Å². The van der Waals surface area contributed by atoms with Gasteiger partial charge < -0.3 is 14.2 Å². The van der Waals surface area contributed by atoms with Crippen LogP contribution in [-0.2, 0) is 16.6 Å². The van der Waals surface area contributed by atoms with E-state index in [1.54, 1.807) is 0 Å². The van der Waals surface area contributed by atoms with Crippen molar-refractivity contribution in [3.63, 3.8) is 0 Å². The minimum Gasteiger partial charge on any atom is -0.383 e. The number of hydrazone groups is 1. The van der Waals surface area contributed by atoms with E-state index in [1.165, 1.54) is 41.3 Å². The Bertz CT molecular complexity index is 1240. The Balaban J connectivity index is 1.62. The van der Waals surface area contributed by atoms with Crippen molar-refractivity contribution in [2.45, 2.75) is 19.4 Å². The molecule has 0 spiro atoms. The van der Waals surface area contributed by atoms with Crippen LogP contribution < -0.4 is 0 Å². The number of hydrogen-bond acceptors (Lipinski definition) is 4. The number of nitrogens with zero attached hydrogens (tertiary/aromatic N) is 4. The lowest BCUT2D eigenvalue weighted by molar-refractivity contribution is -0.133. The van der Waals surface area contributed by atoms with Gasteiger partial charge in [0.25, 0.3) is 11.8 Å². The molecule has 7 nitrogen and oxygen atoms in total. The Morgan fingerprint density at radius 1 is 1.14 bits per heavy atom. The molecular formula is C27H29FN4O3. The number of carbonyl (C=O) groups is 2. The number of aryl methyl sites for hydroxylation is 2. The zero-order chi connectivity index (χ0) is 24.9. The van der Waals surface area contributed by atoms with Crippen molar-refractivity contribution in [2.75, 3.05) is 26.8 Å². The van der Waals surface area contributed by atoms with Gasteiger partial charge in [0.15, 0.2) is 0 Å². The molecule has 1 aliphatic rings. The van der Waals surface area contributed by atoms with Crippen molar-refractivity contribution in [3.05, 3.63) is 95.1 Å². The van der Waals surface area contributed by atoms with Crippen molar-refractivity contribution in [1.82, 2.24) is 14.5 Å². The third kappa shape index (κ3) is 5.49. The number of halogens is 1. The van der Waals surface area contributed by atoms with Crippen molar-refractivity contribution < 1.29 is 18.7 Å². The first-order valence-corrected chi connectivity index (χ1v) is 11.5. The Morgan fingerprint density at radius 3 is 2.57 bits per heavy atom. The minimum atomic E-state index is -0.510. The summed E-state index contributed by atoms with van der Waals surface area (Å²) in [6.07, 6.45) is 2.50. The van der Waals surface area contributed by atoms with E-state index in [0.717, 1.165) is 22.5 Å². The summed E-state index contributed by atoms with van der Waals surface area (Å²) >= 11 is 0. The summed E-state index contributed by atoms with van der Waals surface area (Å²) in [7, 11) is 3.46. The highest BCUT2D eigenvalue weighted by Crippen LogP contribution is 2.33. The Labute approximate surface area is 204 Å². The summed E-state index contributed by atoms with van der Waals surface area (Å²) in [5.74, 6) is -1.27. The fourth-order valence-electron chi connectivity index (χ4n) is 4.20. The van der Waals surface area contributed by atoms with Gasteiger partial charge in [-0.15, -0.1) is 0 Å². The molecule has 0 radical (unpaired) electrons. The van der Waals surface area contributed by atoms with Crippen LogP contribution in [-0.4, -0.2) is 58.8 Å². The van der Waals surface area contributed by atoms with Gasteiger partial charge in [0.2, 0.25) is 0 Å². The first-order valence-electron chi connectivity index (χ1n) is 11.5. The van der Waals surface area contributed by atoms with Gasteiger partial charge in [-0.05, 0) is 42.8 Å². The SMILES string of the molecule is COCCN(CC(=O)N1N=C(c2cccn2C)C[C@@H]1c1ccc(C)cc1)C(=O)c1cccc(F)c1. The first kappa shape index (κ1) is 24.3. The number of benzene rings is 2. The number of hydrogen-bond donors (Lipinski definition) is 0. The molecule has 2 aromatic carbocycles. The van der Waals surface area contributed by atoms with E-state index in [1.807, 2.05) is 61.1 Å². The predicted octanol–water partition coefficient (Wildman–Crippen LogP) is 3.94. The maximum atomic E-state index is 13.7. The summed E-state index contributed by atoms with van der Waals surface area (Å²) < 4.78 is 20.9. The molecule has 0 aliphatic carbocycles. The maximum absolute atomic E-state index is 13.7. The molecule has 0 N–H and O–H groups in total. The molecule has 1 atom stereocenters. The molecule has 0 unspecified atom stereocenters. The van der Waals surface area contributed by atoms with Crippen LogP contribution in [0, 0.1) is 12.7 Å². The van der Waals surface area contributed by atoms with E-state index < -0.39 is 11.7 Å². The van der Waals surface area contributed by atoms with Crippen LogP contribution in [0.15, 0.2) is 72.0 Å². The largest absolute Gasteiger partial charge is 0.383 e. The van der Waals surface area contributed by atoms with E-state index in [-0.39, 0.29) is 37.2 Å². The number of ether oxygens (including phenoxy) is 1. The zero-order valence-corrected chi connectivity index (χ0v) is 20.1. The van der Waals surface area contributed by atoms with Crippen LogP contribution >= 0.6 is 0 Å². The monoisotopic (exact) mass is 476 g/mol. The van der Waals surface area contributed by atoms with Gasteiger partial charge in [-0.1, -0.05) is 35.9 Å². The molecule has 2 amide bonds. The second kappa shape index (κ2) is 10.7. The second-order valence-corrected chi connectivity index (χ2v) is 8.65. The van der Waals surface area contributed by atoms with Crippen LogP contribution in [0.3, 0.4) is 0 Å². The molecule has 0 fully saturated rings. The van der Waals surface area contributed by atoms with Gasteiger partial charge in [0.05, 0.1) is 24.1 Å². The second-order valence-electron chi connectivity index (χ2n) is 8.65. The number of methoxy groups -OCH3 is 1.